The molecule has 1 aromatic rings. The number of carbonyl (C=O) groups is 2. The quantitative estimate of drug-likeness (QED) is 0.730. The molecule has 0 aliphatic carbocycles. The normalized spacial score (nSPS) is 11.1. The van der Waals surface area contributed by atoms with E-state index in [1.54, 1.807) is 4.90 Å². The maximum Gasteiger partial charge on any atom is 0.242 e. The van der Waals surface area contributed by atoms with Crippen LogP contribution in [0.5, 0.6) is 0 Å². The lowest BCUT2D eigenvalue weighted by Crippen LogP contribution is -2.48. The maximum absolute atomic E-state index is 12.4. The van der Waals surface area contributed by atoms with Gasteiger partial charge in [0.1, 0.15) is 0 Å². The van der Waals surface area contributed by atoms with Crippen molar-refractivity contribution in [2.75, 3.05) is 19.6 Å². The van der Waals surface area contributed by atoms with E-state index in [4.69, 9.17) is 5.73 Å². The molecule has 128 valence electrons. The van der Waals surface area contributed by atoms with E-state index in [2.05, 4.69) is 5.32 Å². The van der Waals surface area contributed by atoms with E-state index in [-0.39, 0.29) is 18.4 Å². The number of benzene rings is 1. The summed E-state index contributed by atoms with van der Waals surface area (Å²) in [6.45, 7) is 7.30. The van der Waals surface area contributed by atoms with Crippen LogP contribution in [0, 0.1) is 5.41 Å². The van der Waals surface area contributed by atoms with Gasteiger partial charge in [-0.15, -0.1) is 0 Å². The number of amides is 2. The van der Waals surface area contributed by atoms with Gasteiger partial charge in [-0.05, 0) is 25.3 Å². The van der Waals surface area contributed by atoms with Crippen LogP contribution in [0.4, 0.5) is 0 Å². The first-order chi connectivity index (χ1) is 11.0. The van der Waals surface area contributed by atoms with E-state index in [0.29, 0.717) is 32.5 Å². The summed E-state index contributed by atoms with van der Waals surface area (Å²) in [6.07, 6.45) is 1.34. The smallest absolute Gasteiger partial charge is 0.242 e. The minimum atomic E-state index is -0.573. The van der Waals surface area contributed by atoms with Crippen LogP contribution in [0.3, 0.4) is 0 Å². The second kappa shape index (κ2) is 9.30. The van der Waals surface area contributed by atoms with Crippen LogP contribution < -0.4 is 11.1 Å². The molecule has 3 N–H and O–H groups in total. The lowest BCUT2D eigenvalue weighted by Gasteiger charge is -2.29. The number of nitrogens with one attached hydrogen (secondary N) is 1. The molecule has 0 aromatic heterocycles. The van der Waals surface area contributed by atoms with Gasteiger partial charge in [-0.3, -0.25) is 9.59 Å². The molecule has 1 aromatic carbocycles. The van der Waals surface area contributed by atoms with Crippen LogP contribution in [0.15, 0.2) is 30.3 Å². The summed E-state index contributed by atoms with van der Waals surface area (Å²) in [4.78, 5) is 26.5. The summed E-state index contributed by atoms with van der Waals surface area (Å²) >= 11 is 0. The molecule has 0 fully saturated rings. The first-order valence-electron chi connectivity index (χ1n) is 8.33. The van der Waals surface area contributed by atoms with Crippen molar-refractivity contribution in [3.8, 4) is 0 Å². The molecule has 0 bridgehead atoms. The molecule has 0 radical (unpaired) electrons. The van der Waals surface area contributed by atoms with Crippen LogP contribution in [-0.4, -0.2) is 36.3 Å². The Hall–Kier alpha value is -1.88. The molecule has 0 atom stereocenters. The van der Waals surface area contributed by atoms with Gasteiger partial charge in [0.15, 0.2) is 0 Å². The van der Waals surface area contributed by atoms with Crippen molar-refractivity contribution in [2.45, 2.75) is 40.2 Å². The van der Waals surface area contributed by atoms with E-state index in [1.165, 1.54) is 0 Å². The topological polar surface area (TPSA) is 75.4 Å². The number of hydrogen-bond acceptors (Lipinski definition) is 3. The Labute approximate surface area is 139 Å². The van der Waals surface area contributed by atoms with Gasteiger partial charge in [-0.25, -0.2) is 0 Å². The minimum absolute atomic E-state index is 0.0151. The number of rotatable bonds is 9. The molecule has 0 heterocycles. The molecule has 0 aliphatic heterocycles. The fraction of sp³-hybridized carbons (Fsp3) is 0.556. The fourth-order valence-electron chi connectivity index (χ4n) is 2.59. The lowest BCUT2D eigenvalue weighted by atomic mass is 9.81. The van der Waals surface area contributed by atoms with Gasteiger partial charge in [0.05, 0.1) is 12.0 Å². The first-order valence-corrected chi connectivity index (χ1v) is 8.33. The predicted octanol–water partition coefficient (Wildman–Crippen LogP) is 1.92. The summed E-state index contributed by atoms with van der Waals surface area (Å²) in [7, 11) is 0. The SMILES string of the molecule is CCN(Cc1ccccc1)C(=O)CNC(=O)C(CC)(CC)CN. The number of nitrogens with zero attached hydrogens (tertiary/aromatic N) is 1. The molecule has 0 aliphatic rings. The zero-order valence-electron chi connectivity index (χ0n) is 14.5. The predicted molar refractivity (Wildman–Crippen MR) is 92.6 cm³/mol. The van der Waals surface area contributed by atoms with Crippen molar-refractivity contribution in [3.63, 3.8) is 0 Å². The lowest BCUT2D eigenvalue weighted by molar-refractivity contribution is -0.136. The van der Waals surface area contributed by atoms with Gasteiger partial charge in [-0.1, -0.05) is 44.2 Å². The third-order valence-corrected chi connectivity index (χ3v) is 4.58. The zero-order valence-corrected chi connectivity index (χ0v) is 14.5. The zero-order chi connectivity index (χ0) is 17.3. The highest BCUT2D eigenvalue weighted by molar-refractivity contribution is 5.88. The molecule has 0 spiro atoms. The Balaban J connectivity index is 2.61. The highest BCUT2D eigenvalue weighted by Gasteiger charge is 2.33. The van der Waals surface area contributed by atoms with Crippen molar-refractivity contribution in [2.24, 2.45) is 11.1 Å². The Kier molecular flexibility index (Phi) is 7.75. The van der Waals surface area contributed by atoms with Crippen molar-refractivity contribution in [3.05, 3.63) is 35.9 Å². The van der Waals surface area contributed by atoms with E-state index in [0.717, 1.165) is 5.56 Å². The van der Waals surface area contributed by atoms with E-state index >= 15 is 0 Å². The second-order valence-corrected chi connectivity index (χ2v) is 5.77. The number of nitrogens with two attached hydrogens (primary N) is 1. The van der Waals surface area contributed by atoms with Gasteiger partial charge >= 0.3 is 0 Å². The largest absolute Gasteiger partial charge is 0.347 e. The number of likely N-dealkylation sites (N-methyl/N-ethyl adjacent to an activating group) is 1. The summed E-state index contributed by atoms with van der Waals surface area (Å²) < 4.78 is 0. The Morgan fingerprint density at radius 3 is 2.22 bits per heavy atom. The van der Waals surface area contributed by atoms with Gasteiger partial charge in [0.2, 0.25) is 11.8 Å². The summed E-state index contributed by atoms with van der Waals surface area (Å²) in [5.41, 5.74) is 6.27. The average Bonchev–Trinajstić information content (AvgIpc) is 2.60. The summed E-state index contributed by atoms with van der Waals surface area (Å²) in [5, 5.41) is 2.77. The van der Waals surface area contributed by atoms with Crippen molar-refractivity contribution in [1.29, 1.82) is 0 Å². The molecule has 5 heteroatoms. The standard InChI is InChI=1S/C18H29N3O2/c1-4-18(5-2,14-19)17(23)20-12-16(22)21(6-3)13-15-10-8-7-9-11-15/h7-11H,4-6,12-14,19H2,1-3H3,(H,20,23). The third kappa shape index (κ3) is 5.06. The molecular weight excluding hydrogens is 290 g/mol. The molecular formula is C18H29N3O2. The molecule has 0 saturated carbocycles. The number of hydrogen-bond donors (Lipinski definition) is 2. The summed E-state index contributed by atoms with van der Waals surface area (Å²) in [6, 6.07) is 9.83. The molecule has 5 nitrogen and oxygen atoms in total. The minimum Gasteiger partial charge on any atom is -0.347 e. The van der Waals surface area contributed by atoms with Crippen LogP contribution in [-0.2, 0) is 16.1 Å². The number of carbonyl (C=O) groups excluding carboxylic acids is 2. The molecule has 2 amide bonds. The average molecular weight is 319 g/mol. The van der Waals surface area contributed by atoms with E-state index in [9.17, 15) is 9.59 Å². The van der Waals surface area contributed by atoms with Crippen molar-refractivity contribution >= 4 is 11.8 Å². The van der Waals surface area contributed by atoms with Crippen LogP contribution in [0.1, 0.15) is 39.2 Å². The fourth-order valence-corrected chi connectivity index (χ4v) is 2.59. The van der Waals surface area contributed by atoms with Crippen LogP contribution >= 0.6 is 0 Å². The molecule has 0 saturated heterocycles. The highest BCUT2D eigenvalue weighted by Crippen LogP contribution is 2.24. The van der Waals surface area contributed by atoms with Gasteiger partial charge in [-0.2, -0.15) is 0 Å². The molecule has 0 unspecified atom stereocenters. The maximum atomic E-state index is 12.4. The second-order valence-electron chi connectivity index (χ2n) is 5.77. The van der Waals surface area contributed by atoms with Gasteiger partial charge in [0, 0.05) is 19.6 Å². The Morgan fingerprint density at radius 1 is 1.13 bits per heavy atom. The van der Waals surface area contributed by atoms with Gasteiger partial charge < -0.3 is 16.0 Å². The Morgan fingerprint density at radius 2 is 1.74 bits per heavy atom. The Bertz CT molecular complexity index is 490. The molecule has 1 rings (SSSR count). The van der Waals surface area contributed by atoms with Crippen LogP contribution in [0.2, 0.25) is 0 Å². The monoisotopic (exact) mass is 319 g/mol. The highest BCUT2D eigenvalue weighted by atomic mass is 16.2. The molecule has 23 heavy (non-hydrogen) atoms. The van der Waals surface area contributed by atoms with Crippen molar-refractivity contribution in [1.82, 2.24) is 10.2 Å². The van der Waals surface area contributed by atoms with Gasteiger partial charge in [0.25, 0.3) is 0 Å². The third-order valence-electron chi connectivity index (χ3n) is 4.58. The van der Waals surface area contributed by atoms with Crippen LogP contribution in [0.25, 0.3) is 0 Å². The summed E-state index contributed by atoms with van der Waals surface area (Å²) in [5.74, 6) is -0.211. The van der Waals surface area contributed by atoms with E-state index in [1.807, 2.05) is 51.1 Å². The first kappa shape index (κ1) is 19.2. The van der Waals surface area contributed by atoms with E-state index < -0.39 is 5.41 Å². The van der Waals surface area contributed by atoms with Crippen molar-refractivity contribution < 1.29 is 9.59 Å².